The van der Waals surface area contributed by atoms with Crippen molar-refractivity contribution in [2.45, 2.75) is 30.5 Å². The molecule has 0 aliphatic carbocycles. The van der Waals surface area contributed by atoms with E-state index in [2.05, 4.69) is 15.0 Å². The molecule has 0 saturated carbocycles. The first kappa shape index (κ1) is 23.1. The molecule has 1 N–H and O–H groups in total. The molecule has 1 heterocycles. The van der Waals surface area contributed by atoms with E-state index in [1.54, 1.807) is 0 Å². The summed E-state index contributed by atoms with van der Waals surface area (Å²) in [5.41, 5.74) is -4.39. The number of halogens is 6. The maximum atomic E-state index is 13.4. The van der Waals surface area contributed by atoms with Crippen molar-refractivity contribution in [1.29, 1.82) is 0 Å². The number of ketones is 1. The minimum atomic E-state index is -5.37. The molecule has 30 heavy (non-hydrogen) atoms. The predicted octanol–water partition coefficient (Wildman–Crippen LogP) is 2.67. The largest absolute Gasteiger partial charge is 0.497 e. The molecule has 2 rings (SSSR count). The Labute approximate surface area is 164 Å². The fourth-order valence-electron chi connectivity index (χ4n) is 2.48. The summed E-state index contributed by atoms with van der Waals surface area (Å²) in [5.74, 6) is -5.19. The molecule has 1 aromatic rings. The summed E-state index contributed by atoms with van der Waals surface area (Å²) in [5, 5.41) is 7.26. The van der Waals surface area contributed by atoms with Crippen LogP contribution in [0.5, 0.6) is 5.75 Å². The first-order valence-electron chi connectivity index (χ1n) is 7.95. The molecule has 1 aromatic carbocycles. The van der Waals surface area contributed by atoms with Gasteiger partial charge < -0.3 is 14.8 Å². The van der Waals surface area contributed by atoms with Gasteiger partial charge in [-0.15, -0.1) is 10.2 Å². The van der Waals surface area contributed by atoms with Crippen molar-refractivity contribution in [1.82, 2.24) is 5.32 Å². The van der Waals surface area contributed by atoms with E-state index in [0.29, 0.717) is 0 Å². The van der Waals surface area contributed by atoms with E-state index in [1.165, 1.54) is 5.32 Å². The molecule has 0 aromatic heterocycles. The first-order chi connectivity index (χ1) is 13.8. The summed E-state index contributed by atoms with van der Waals surface area (Å²) >= 11 is 0. The number of hydrogen-bond acceptors (Lipinski definition) is 7. The lowest BCUT2D eigenvalue weighted by molar-refractivity contribution is -0.175. The van der Waals surface area contributed by atoms with E-state index < -0.39 is 59.3 Å². The van der Waals surface area contributed by atoms with Gasteiger partial charge in [0.15, 0.2) is 5.78 Å². The number of Topliss-reactive ketones (excluding diaryl/α,β-unsaturated/α-hetero) is 1. The Morgan fingerprint density at radius 3 is 2.13 bits per heavy atom. The van der Waals surface area contributed by atoms with Crippen molar-refractivity contribution in [2.24, 2.45) is 10.2 Å². The normalized spacial score (nSPS) is 15.9. The average Bonchev–Trinajstić information content (AvgIpc) is 3.47. The summed E-state index contributed by atoms with van der Waals surface area (Å²) in [6.45, 7) is 0. The third-order valence-corrected chi connectivity index (χ3v) is 4.04. The van der Waals surface area contributed by atoms with Gasteiger partial charge >= 0.3 is 29.9 Å². The number of rotatable bonds is 7. The van der Waals surface area contributed by atoms with Crippen molar-refractivity contribution >= 4 is 17.7 Å². The highest BCUT2D eigenvalue weighted by molar-refractivity contribution is 6.01. The zero-order valence-corrected chi connectivity index (χ0v) is 15.2. The molecule has 0 saturated heterocycles. The molecular weight excluding hydrogens is 428 g/mol. The second-order valence-electron chi connectivity index (χ2n) is 5.96. The third-order valence-electron chi connectivity index (χ3n) is 4.04. The molecule has 0 unspecified atom stereocenters. The van der Waals surface area contributed by atoms with Gasteiger partial charge in [0.2, 0.25) is 0 Å². The van der Waals surface area contributed by atoms with E-state index in [1.807, 2.05) is 0 Å². The summed E-state index contributed by atoms with van der Waals surface area (Å²) in [6, 6.07) is 0.807. The minimum Gasteiger partial charge on any atom is -0.497 e. The molecule has 0 radical (unpaired) electrons. The van der Waals surface area contributed by atoms with Gasteiger partial charge in [-0.2, -0.15) is 26.3 Å². The molecule has 164 valence electrons. The van der Waals surface area contributed by atoms with Crippen molar-refractivity contribution in [3.63, 3.8) is 0 Å². The number of ether oxygens (including phenoxy) is 2. The van der Waals surface area contributed by atoms with Crippen LogP contribution in [0.1, 0.15) is 22.3 Å². The van der Waals surface area contributed by atoms with Crippen LogP contribution in [0.4, 0.5) is 26.3 Å². The molecule has 14 heteroatoms. The van der Waals surface area contributed by atoms with Gasteiger partial charge in [-0.05, 0) is 18.2 Å². The molecule has 0 spiro atoms. The summed E-state index contributed by atoms with van der Waals surface area (Å²) in [7, 11) is 1.95. The third kappa shape index (κ3) is 4.52. The number of carbonyl (C=O) groups excluding carboxylic acids is 3. The number of alkyl halides is 6. The van der Waals surface area contributed by atoms with Gasteiger partial charge in [-0.3, -0.25) is 9.59 Å². The summed E-state index contributed by atoms with van der Waals surface area (Å²) < 4.78 is 86.7. The van der Waals surface area contributed by atoms with E-state index >= 15 is 0 Å². The van der Waals surface area contributed by atoms with Crippen molar-refractivity contribution in [2.75, 3.05) is 14.2 Å². The second kappa shape index (κ2) is 7.91. The highest BCUT2D eigenvalue weighted by atomic mass is 19.4. The number of hydrogen-bond donors (Lipinski definition) is 1. The number of methoxy groups -OCH3 is 2. The Hall–Kier alpha value is -3.19. The van der Waals surface area contributed by atoms with Crippen LogP contribution in [0.25, 0.3) is 0 Å². The number of carbonyl (C=O) groups is 3. The Morgan fingerprint density at radius 1 is 1.10 bits per heavy atom. The van der Waals surface area contributed by atoms with Gasteiger partial charge in [0.25, 0.3) is 0 Å². The Bertz CT molecular complexity index is 890. The molecule has 1 aliphatic rings. The van der Waals surface area contributed by atoms with Crippen LogP contribution in [0.3, 0.4) is 0 Å². The topological polar surface area (TPSA) is 106 Å². The van der Waals surface area contributed by atoms with Gasteiger partial charge in [0, 0.05) is 17.5 Å². The van der Waals surface area contributed by atoms with E-state index in [4.69, 9.17) is 4.74 Å². The molecule has 1 aliphatic heterocycles. The van der Waals surface area contributed by atoms with Gasteiger partial charge in [0.1, 0.15) is 11.8 Å². The predicted molar refractivity (Wildman–Crippen MR) is 84.5 cm³/mol. The molecule has 0 bridgehead atoms. The lowest BCUT2D eigenvalue weighted by Crippen LogP contribution is -2.48. The number of amides is 1. The molecule has 8 nitrogen and oxygen atoms in total. The lowest BCUT2D eigenvalue weighted by Gasteiger charge is -2.20. The van der Waals surface area contributed by atoms with Crippen molar-refractivity contribution in [3.8, 4) is 5.75 Å². The van der Waals surface area contributed by atoms with Gasteiger partial charge in [0.05, 0.1) is 14.2 Å². The zero-order valence-electron chi connectivity index (χ0n) is 15.2. The zero-order chi connectivity index (χ0) is 22.9. The summed E-state index contributed by atoms with van der Waals surface area (Å²) in [6.07, 6.45) is -11.5. The lowest BCUT2D eigenvalue weighted by atomic mass is 9.91. The minimum absolute atomic E-state index is 0.0719. The van der Waals surface area contributed by atoms with Crippen LogP contribution >= 0.6 is 0 Å². The quantitative estimate of drug-likeness (QED) is 0.398. The highest BCUT2D eigenvalue weighted by Gasteiger charge is 2.66. The first-order valence-corrected chi connectivity index (χ1v) is 7.95. The molecule has 0 fully saturated rings. The smallest absolute Gasteiger partial charge is 0.471 e. The average molecular weight is 441 g/mol. The van der Waals surface area contributed by atoms with Crippen LogP contribution in [0.2, 0.25) is 0 Å². The van der Waals surface area contributed by atoms with E-state index in [0.717, 1.165) is 32.4 Å². The monoisotopic (exact) mass is 441 g/mol. The maximum Gasteiger partial charge on any atom is 0.471 e. The van der Waals surface area contributed by atoms with E-state index in [-0.39, 0.29) is 5.75 Å². The Morgan fingerprint density at radius 2 is 1.70 bits per heavy atom. The molecule has 1 atom stereocenters. The van der Waals surface area contributed by atoms with Gasteiger partial charge in [-0.1, -0.05) is 0 Å². The molecular formula is C16H13F6N3O5. The SMILES string of the molecule is COC(=O)[C@@H](CC(=O)c1ccc(OC)cc1C1(C(F)(F)F)N=N1)NC(=O)C(F)(F)F. The van der Waals surface area contributed by atoms with Crippen LogP contribution < -0.4 is 10.1 Å². The van der Waals surface area contributed by atoms with Crippen LogP contribution in [0, 0.1) is 0 Å². The highest BCUT2D eigenvalue weighted by Crippen LogP contribution is 2.54. The Balaban J connectivity index is 2.39. The summed E-state index contributed by atoms with van der Waals surface area (Å²) in [4.78, 5) is 35.4. The number of nitrogens with zero attached hydrogens (tertiary/aromatic N) is 2. The van der Waals surface area contributed by atoms with E-state index in [9.17, 15) is 40.7 Å². The van der Waals surface area contributed by atoms with Crippen LogP contribution in [0.15, 0.2) is 28.4 Å². The second-order valence-corrected chi connectivity index (χ2v) is 5.96. The number of benzene rings is 1. The number of esters is 1. The number of nitrogens with one attached hydrogen (secondary N) is 1. The fraction of sp³-hybridized carbons (Fsp3) is 0.438. The van der Waals surface area contributed by atoms with Gasteiger partial charge in [-0.25, -0.2) is 4.79 Å². The Kier molecular flexibility index (Phi) is 6.09. The van der Waals surface area contributed by atoms with Crippen LogP contribution in [-0.2, 0) is 20.0 Å². The standard InChI is InChI=1S/C16H13F6N3O5/c1-29-7-3-4-8(9(5-7)14(24-25-14)16(20,21)22)11(26)6-10(12(27)30-2)23-13(28)15(17,18)19/h3-5,10H,6H2,1-2H3,(H,23,28)/t10-/m1/s1. The maximum absolute atomic E-state index is 13.4. The fourth-order valence-corrected chi connectivity index (χ4v) is 2.48. The van der Waals surface area contributed by atoms with Crippen LogP contribution in [-0.4, -0.2) is 50.3 Å². The van der Waals surface area contributed by atoms with Crippen molar-refractivity contribution in [3.05, 3.63) is 29.3 Å². The molecule has 1 amide bonds. The van der Waals surface area contributed by atoms with Crippen molar-refractivity contribution < 1.29 is 50.2 Å².